The van der Waals surface area contributed by atoms with Gasteiger partial charge in [-0.1, -0.05) is 50.1 Å². The number of carbonyl (C=O) groups is 1. The molecule has 27 heavy (non-hydrogen) atoms. The van der Waals surface area contributed by atoms with Gasteiger partial charge in [0.05, 0.1) is 18.2 Å². The number of hydrogen-bond acceptors (Lipinski definition) is 2. The predicted molar refractivity (Wildman–Crippen MR) is 107 cm³/mol. The van der Waals surface area contributed by atoms with Crippen LogP contribution in [0.2, 0.25) is 0 Å². The second-order valence-electron chi connectivity index (χ2n) is 8.59. The summed E-state index contributed by atoms with van der Waals surface area (Å²) in [5.41, 5.74) is 3.51. The summed E-state index contributed by atoms with van der Waals surface area (Å²) >= 11 is 0. The van der Waals surface area contributed by atoms with Gasteiger partial charge < -0.3 is 5.32 Å². The van der Waals surface area contributed by atoms with Crippen LogP contribution in [0.4, 0.5) is 0 Å². The fourth-order valence-electron chi connectivity index (χ4n) is 5.30. The second kappa shape index (κ2) is 7.49. The molecule has 0 bridgehead atoms. The van der Waals surface area contributed by atoms with Crippen molar-refractivity contribution in [1.82, 2.24) is 15.1 Å². The van der Waals surface area contributed by atoms with Crippen molar-refractivity contribution < 1.29 is 4.79 Å². The zero-order valence-electron chi connectivity index (χ0n) is 16.7. The van der Waals surface area contributed by atoms with Crippen molar-refractivity contribution in [2.75, 3.05) is 0 Å². The number of rotatable bonds is 5. The number of amides is 1. The zero-order valence-corrected chi connectivity index (χ0v) is 16.7. The van der Waals surface area contributed by atoms with Gasteiger partial charge in [0.15, 0.2) is 0 Å². The van der Waals surface area contributed by atoms with Crippen LogP contribution in [-0.2, 0) is 11.3 Å². The highest BCUT2D eigenvalue weighted by atomic mass is 16.2. The van der Waals surface area contributed by atoms with Crippen LogP contribution in [0.25, 0.3) is 0 Å². The predicted octanol–water partition coefficient (Wildman–Crippen LogP) is 4.22. The first-order chi connectivity index (χ1) is 13.0. The quantitative estimate of drug-likeness (QED) is 0.862. The van der Waals surface area contributed by atoms with E-state index in [4.69, 9.17) is 0 Å². The molecule has 2 aliphatic carbocycles. The molecular weight excluding hydrogens is 334 g/mol. The molecule has 0 spiro atoms. The molecule has 0 saturated heterocycles. The van der Waals surface area contributed by atoms with Gasteiger partial charge in [-0.05, 0) is 50.2 Å². The molecule has 1 aromatic heterocycles. The first-order valence-corrected chi connectivity index (χ1v) is 10.4. The van der Waals surface area contributed by atoms with Gasteiger partial charge in [-0.25, -0.2) is 0 Å². The van der Waals surface area contributed by atoms with E-state index in [0.717, 1.165) is 17.3 Å². The number of carbonyl (C=O) groups excluding carboxylic acids is 1. The lowest BCUT2D eigenvalue weighted by Crippen LogP contribution is -2.60. The second-order valence-corrected chi connectivity index (χ2v) is 8.59. The molecule has 1 amide bonds. The van der Waals surface area contributed by atoms with Crippen molar-refractivity contribution in [2.24, 2.45) is 17.8 Å². The fourth-order valence-corrected chi connectivity index (χ4v) is 5.30. The number of aryl methyl sites for hydroxylation is 2. The minimum atomic E-state index is -0.0814. The van der Waals surface area contributed by atoms with Crippen LogP contribution in [0.1, 0.15) is 55.5 Å². The lowest BCUT2D eigenvalue weighted by Gasteiger charge is -2.55. The number of aromatic nitrogens is 2. The number of nitrogens with zero attached hydrogens (tertiary/aromatic N) is 2. The Morgan fingerprint density at radius 1 is 1.19 bits per heavy atom. The van der Waals surface area contributed by atoms with Gasteiger partial charge in [0.25, 0.3) is 0 Å². The van der Waals surface area contributed by atoms with Crippen molar-refractivity contribution in [3.63, 3.8) is 0 Å². The Morgan fingerprint density at radius 2 is 1.89 bits per heavy atom. The van der Waals surface area contributed by atoms with E-state index in [2.05, 4.69) is 53.7 Å². The highest BCUT2D eigenvalue weighted by Crippen LogP contribution is 2.54. The lowest BCUT2D eigenvalue weighted by atomic mass is 9.53. The SMILES string of the molecule is Cc1cc(C)n(CC(C)C(=O)N[C@H]2C3CCCCC3[C@@H]2c2ccccc2)n1. The lowest BCUT2D eigenvalue weighted by molar-refractivity contribution is -0.128. The maximum Gasteiger partial charge on any atom is 0.224 e. The van der Waals surface area contributed by atoms with Crippen LogP contribution >= 0.6 is 0 Å². The van der Waals surface area contributed by atoms with E-state index in [1.165, 1.54) is 31.2 Å². The molecule has 4 heteroatoms. The molecule has 4 rings (SSSR count). The molecule has 2 fully saturated rings. The Kier molecular flexibility index (Phi) is 5.07. The topological polar surface area (TPSA) is 46.9 Å². The summed E-state index contributed by atoms with van der Waals surface area (Å²) in [5.74, 6) is 1.94. The minimum absolute atomic E-state index is 0.0814. The molecule has 1 N–H and O–H groups in total. The van der Waals surface area contributed by atoms with Crippen LogP contribution in [0.3, 0.4) is 0 Å². The summed E-state index contributed by atoms with van der Waals surface area (Å²) < 4.78 is 1.96. The highest BCUT2D eigenvalue weighted by molar-refractivity contribution is 5.79. The van der Waals surface area contributed by atoms with E-state index in [1.807, 2.05) is 18.5 Å². The van der Waals surface area contributed by atoms with Crippen molar-refractivity contribution in [3.05, 3.63) is 53.3 Å². The third-order valence-electron chi connectivity index (χ3n) is 6.68. The Balaban J connectivity index is 1.46. The molecule has 3 unspecified atom stereocenters. The van der Waals surface area contributed by atoms with E-state index in [9.17, 15) is 4.79 Å². The maximum atomic E-state index is 13.0. The van der Waals surface area contributed by atoms with Gasteiger partial charge in [0.2, 0.25) is 5.91 Å². The summed E-state index contributed by atoms with van der Waals surface area (Å²) in [6.07, 6.45) is 5.19. The van der Waals surface area contributed by atoms with Crippen molar-refractivity contribution in [3.8, 4) is 0 Å². The number of nitrogens with one attached hydrogen (secondary N) is 1. The first kappa shape index (κ1) is 18.3. The third-order valence-corrected chi connectivity index (χ3v) is 6.68. The normalized spacial score (nSPS) is 28.1. The van der Waals surface area contributed by atoms with Crippen LogP contribution in [0.15, 0.2) is 36.4 Å². The molecular formula is C23H31N3O. The fraction of sp³-hybridized carbons (Fsp3) is 0.565. The molecule has 4 nitrogen and oxygen atoms in total. The Hall–Kier alpha value is -2.10. The molecule has 0 radical (unpaired) electrons. The van der Waals surface area contributed by atoms with Gasteiger partial charge in [0.1, 0.15) is 0 Å². The largest absolute Gasteiger partial charge is 0.352 e. The van der Waals surface area contributed by atoms with Gasteiger partial charge in [-0.15, -0.1) is 0 Å². The summed E-state index contributed by atoms with van der Waals surface area (Å²) in [6.45, 7) is 6.70. The molecule has 0 aliphatic heterocycles. The first-order valence-electron chi connectivity index (χ1n) is 10.4. The zero-order chi connectivity index (χ0) is 19.0. The summed E-state index contributed by atoms with van der Waals surface area (Å²) in [5, 5.41) is 7.94. The van der Waals surface area contributed by atoms with Gasteiger partial charge in [-0.3, -0.25) is 9.48 Å². The number of benzene rings is 1. The Morgan fingerprint density at radius 3 is 2.56 bits per heavy atom. The molecule has 2 saturated carbocycles. The average molecular weight is 366 g/mol. The molecule has 5 atom stereocenters. The van der Waals surface area contributed by atoms with Gasteiger partial charge in [0, 0.05) is 17.7 Å². The van der Waals surface area contributed by atoms with Crippen LogP contribution in [-0.4, -0.2) is 21.7 Å². The Bertz CT molecular complexity index is 797. The third kappa shape index (κ3) is 3.54. The maximum absolute atomic E-state index is 13.0. The molecule has 144 valence electrons. The number of hydrogen-bond donors (Lipinski definition) is 1. The molecule has 2 aromatic rings. The highest BCUT2D eigenvalue weighted by Gasteiger charge is 2.51. The minimum Gasteiger partial charge on any atom is -0.352 e. The van der Waals surface area contributed by atoms with E-state index < -0.39 is 0 Å². The van der Waals surface area contributed by atoms with Crippen molar-refractivity contribution in [1.29, 1.82) is 0 Å². The summed E-state index contributed by atoms with van der Waals surface area (Å²) in [4.78, 5) is 13.0. The van der Waals surface area contributed by atoms with Crippen molar-refractivity contribution >= 4 is 5.91 Å². The molecule has 1 aromatic carbocycles. The average Bonchev–Trinajstić information content (AvgIpc) is 2.97. The monoisotopic (exact) mass is 365 g/mol. The van der Waals surface area contributed by atoms with E-state index >= 15 is 0 Å². The van der Waals surface area contributed by atoms with Crippen molar-refractivity contribution in [2.45, 2.75) is 65.0 Å². The molecule has 1 heterocycles. The smallest absolute Gasteiger partial charge is 0.224 e. The standard InChI is InChI=1S/C23H31N3O/c1-15(14-26-17(3)13-16(2)25-26)23(27)24-22-20-12-8-7-11-19(20)21(22)18-9-5-4-6-10-18/h4-6,9-10,13,15,19-22H,7-8,11-12,14H2,1-3H3,(H,24,27)/t15?,19?,20?,21-,22-/m0/s1. The van der Waals surface area contributed by atoms with E-state index in [-0.39, 0.29) is 17.9 Å². The van der Waals surface area contributed by atoms with Gasteiger partial charge in [-0.2, -0.15) is 5.10 Å². The van der Waals surface area contributed by atoms with Gasteiger partial charge >= 0.3 is 0 Å². The Labute approximate surface area is 162 Å². The van der Waals surface area contributed by atoms with E-state index in [1.54, 1.807) is 0 Å². The molecule has 2 aliphatic rings. The van der Waals surface area contributed by atoms with E-state index in [0.29, 0.717) is 18.4 Å². The number of fused-ring (bicyclic) bond motifs is 1. The van der Waals surface area contributed by atoms with Crippen LogP contribution in [0, 0.1) is 31.6 Å². The van der Waals surface area contributed by atoms with Crippen LogP contribution in [0.5, 0.6) is 0 Å². The van der Waals surface area contributed by atoms with Crippen LogP contribution < -0.4 is 5.32 Å². The summed E-state index contributed by atoms with van der Waals surface area (Å²) in [7, 11) is 0. The summed E-state index contributed by atoms with van der Waals surface area (Å²) in [6, 6.07) is 13.1.